The van der Waals surface area contributed by atoms with Crippen LogP contribution in [-0.2, 0) is 6.42 Å². The SMILES string of the molecule is C[C@@H](NCCCc1nc2ccccc2o1)[C@H](C)n1cccn1. The molecule has 0 saturated heterocycles. The number of aromatic nitrogens is 3. The molecule has 0 aliphatic heterocycles. The van der Waals surface area contributed by atoms with Gasteiger partial charge in [-0.2, -0.15) is 5.10 Å². The van der Waals surface area contributed by atoms with Crippen molar-refractivity contribution >= 4 is 11.1 Å². The third-order valence-corrected chi connectivity index (χ3v) is 4.04. The van der Waals surface area contributed by atoms with Crippen molar-refractivity contribution < 1.29 is 4.42 Å². The molecule has 2 atom stereocenters. The highest BCUT2D eigenvalue weighted by Gasteiger charge is 2.13. The molecule has 2 aromatic heterocycles. The normalized spacial score (nSPS) is 14.3. The fourth-order valence-corrected chi connectivity index (χ4v) is 2.52. The molecule has 3 rings (SSSR count). The average Bonchev–Trinajstić information content (AvgIpc) is 3.19. The van der Waals surface area contributed by atoms with Gasteiger partial charge in [-0.05, 0) is 45.0 Å². The number of para-hydroxylation sites is 2. The number of aryl methyl sites for hydroxylation is 1. The van der Waals surface area contributed by atoms with Crippen LogP contribution in [0.5, 0.6) is 0 Å². The van der Waals surface area contributed by atoms with Crippen LogP contribution in [0.2, 0.25) is 0 Å². The maximum absolute atomic E-state index is 5.73. The van der Waals surface area contributed by atoms with Gasteiger partial charge in [0.1, 0.15) is 5.52 Å². The summed E-state index contributed by atoms with van der Waals surface area (Å²) in [5.41, 5.74) is 1.80. The molecule has 116 valence electrons. The summed E-state index contributed by atoms with van der Waals surface area (Å²) in [7, 11) is 0. The van der Waals surface area contributed by atoms with Crippen LogP contribution in [0.25, 0.3) is 11.1 Å². The number of hydrogen-bond acceptors (Lipinski definition) is 4. The Hall–Kier alpha value is -2.14. The number of rotatable bonds is 7. The van der Waals surface area contributed by atoms with Crippen molar-refractivity contribution in [2.45, 2.75) is 38.8 Å². The van der Waals surface area contributed by atoms with Crippen molar-refractivity contribution in [3.05, 3.63) is 48.6 Å². The molecule has 3 aromatic rings. The Kier molecular flexibility index (Phi) is 4.53. The maximum atomic E-state index is 5.73. The van der Waals surface area contributed by atoms with Crippen molar-refractivity contribution in [1.82, 2.24) is 20.1 Å². The summed E-state index contributed by atoms with van der Waals surface area (Å²) >= 11 is 0. The average molecular weight is 298 g/mol. The van der Waals surface area contributed by atoms with Gasteiger partial charge in [-0.3, -0.25) is 4.68 Å². The zero-order chi connectivity index (χ0) is 15.4. The van der Waals surface area contributed by atoms with Gasteiger partial charge in [-0.1, -0.05) is 12.1 Å². The third-order valence-electron chi connectivity index (χ3n) is 4.04. The smallest absolute Gasteiger partial charge is 0.195 e. The summed E-state index contributed by atoms with van der Waals surface area (Å²) in [6, 6.07) is 10.5. The standard InChI is InChI=1S/C17H22N4O/c1-13(14(2)21-12-6-11-19-21)18-10-5-9-17-20-15-7-3-4-8-16(15)22-17/h3-4,6-8,11-14,18H,5,9-10H2,1-2H3/t13-,14+/m1/s1. The van der Waals surface area contributed by atoms with E-state index < -0.39 is 0 Å². The molecular weight excluding hydrogens is 276 g/mol. The first-order chi connectivity index (χ1) is 10.7. The summed E-state index contributed by atoms with van der Waals surface area (Å²) in [4.78, 5) is 4.50. The van der Waals surface area contributed by atoms with Crippen LogP contribution < -0.4 is 5.32 Å². The monoisotopic (exact) mass is 298 g/mol. The van der Waals surface area contributed by atoms with E-state index in [-0.39, 0.29) is 0 Å². The Labute approximate surface area is 130 Å². The Morgan fingerprint density at radius 2 is 2.09 bits per heavy atom. The van der Waals surface area contributed by atoms with E-state index in [9.17, 15) is 0 Å². The fraction of sp³-hybridized carbons (Fsp3) is 0.412. The molecular formula is C17H22N4O. The molecule has 0 amide bonds. The van der Waals surface area contributed by atoms with Gasteiger partial charge in [-0.25, -0.2) is 4.98 Å². The predicted octanol–water partition coefficient (Wildman–Crippen LogP) is 3.20. The Balaban J connectivity index is 1.45. The molecule has 1 aromatic carbocycles. The van der Waals surface area contributed by atoms with Crippen molar-refractivity contribution in [3.8, 4) is 0 Å². The molecule has 0 unspecified atom stereocenters. The van der Waals surface area contributed by atoms with E-state index in [0.29, 0.717) is 12.1 Å². The van der Waals surface area contributed by atoms with E-state index in [2.05, 4.69) is 29.2 Å². The molecule has 5 heteroatoms. The summed E-state index contributed by atoms with van der Waals surface area (Å²) in [5.74, 6) is 0.816. The lowest BCUT2D eigenvalue weighted by Gasteiger charge is -2.21. The molecule has 0 fully saturated rings. The van der Waals surface area contributed by atoms with Gasteiger partial charge in [0.15, 0.2) is 11.5 Å². The lowest BCUT2D eigenvalue weighted by Crippen LogP contribution is -2.34. The quantitative estimate of drug-likeness (QED) is 0.681. The molecule has 5 nitrogen and oxygen atoms in total. The Bertz CT molecular complexity index is 671. The van der Waals surface area contributed by atoms with Gasteiger partial charge >= 0.3 is 0 Å². The van der Waals surface area contributed by atoms with Crippen LogP contribution >= 0.6 is 0 Å². The van der Waals surface area contributed by atoms with Crippen molar-refractivity contribution in [3.63, 3.8) is 0 Å². The van der Waals surface area contributed by atoms with Gasteiger partial charge in [0.2, 0.25) is 0 Å². The van der Waals surface area contributed by atoms with Crippen molar-refractivity contribution in [1.29, 1.82) is 0 Å². The highest BCUT2D eigenvalue weighted by atomic mass is 16.3. The van der Waals surface area contributed by atoms with E-state index in [4.69, 9.17) is 4.42 Å². The lowest BCUT2D eigenvalue weighted by atomic mass is 10.1. The number of nitrogens with zero attached hydrogens (tertiary/aromatic N) is 3. The van der Waals surface area contributed by atoms with E-state index >= 15 is 0 Å². The summed E-state index contributed by atoms with van der Waals surface area (Å²) in [6.45, 7) is 5.29. The third kappa shape index (κ3) is 3.36. The van der Waals surface area contributed by atoms with Crippen LogP contribution in [0.15, 0.2) is 47.1 Å². The highest BCUT2D eigenvalue weighted by molar-refractivity contribution is 5.72. The maximum Gasteiger partial charge on any atom is 0.195 e. The summed E-state index contributed by atoms with van der Waals surface area (Å²) in [6.07, 6.45) is 5.67. The minimum absolute atomic E-state index is 0.333. The molecule has 1 N–H and O–H groups in total. The molecule has 0 aliphatic rings. The molecule has 22 heavy (non-hydrogen) atoms. The molecule has 0 saturated carbocycles. The van der Waals surface area contributed by atoms with E-state index in [0.717, 1.165) is 36.4 Å². The first-order valence-corrected chi connectivity index (χ1v) is 7.81. The summed E-state index contributed by atoms with van der Waals surface area (Å²) < 4.78 is 7.71. The van der Waals surface area contributed by atoms with Crippen LogP contribution in [0.4, 0.5) is 0 Å². The van der Waals surface area contributed by atoms with E-state index in [1.54, 1.807) is 0 Å². The minimum atomic E-state index is 0.333. The zero-order valence-electron chi connectivity index (χ0n) is 13.1. The lowest BCUT2D eigenvalue weighted by molar-refractivity contribution is 0.363. The first kappa shape index (κ1) is 14.8. The minimum Gasteiger partial charge on any atom is -0.441 e. The second-order valence-electron chi connectivity index (χ2n) is 5.65. The number of nitrogens with one attached hydrogen (secondary N) is 1. The molecule has 0 bridgehead atoms. The summed E-state index contributed by atoms with van der Waals surface area (Å²) in [5, 5.41) is 7.83. The number of benzene rings is 1. The van der Waals surface area contributed by atoms with Crippen molar-refractivity contribution in [2.24, 2.45) is 0 Å². The topological polar surface area (TPSA) is 55.9 Å². The van der Waals surface area contributed by atoms with Gasteiger partial charge in [0, 0.05) is 24.9 Å². The van der Waals surface area contributed by atoms with E-state index in [1.807, 2.05) is 47.4 Å². The van der Waals surface area contributed by atoms with Gasteiger partial charge in [-0.15, -0.1) is 0 Å². The molecule has 0 spiro atoms. The van der Waals surface area contributed by atoms with Gasteiger partial charge in [0.25, 0.3) is 0 Å². The largest absolute Gasteiger partial charge is 0.441 e. The number of hydrogen-bond donors (Lipinski definition) is 1. The number of oxazole rings is 1. The molecule has 0 aliphatic carbocycles. The van der Waals surface area contributed by atoms with Crippen LogP contribution in [0, 0.1) is 0 Å². The van der Waals surface area contributed by atoms with E-state index in [1.165, 1.54) is 0 Å². The second-order valence-corrected chi connectivity index (χ2v) is 5.65. The van der Waals surface area contributed by atoms with Crippen molar-refractivity contribution in [2.75, 3.05) is 6.54 Å². The molecule has 2 heterocycles. The Morgan fingerprint density at radius 1 is 1.23 bits per heavy atom. The van der Waals surface area contributed by atoms with Crippen LogP contribution in [0.3, 0.4) is 0 Å². The number of fused-ring (bicyclic) bond motifs is 1. The van der Waals surface area contributed by atoms with Crippen LogP contribution in [-0.4, -0.2) is 27.4 Å². The van der Waals surface area contributed by atoms with Crippen LogP contribution in [0.1, 0.15) is 32.2 Å². The van der Waals surface area contributed by atoms with Gasteiger partial charge in [0.05, 0.1) is 6.04 Å². The molecule has 0 radical (unpaired) electrons. The highest BCUT2D eigenvalue weighted by Crippen LogP contribution is 2.15. The first-order valence-electron chi connectivity index (χ1n) is 7.81. The zero-order valence-corrected chi connectivity index (χ0v) is 13.1. The predicted molar refractivity (Wildman–Crippen MR) is 86.7 cm³/mol. The Morgan fingerprint density at radius 3 is 2.86 bits per heavy atom. The van der Waals surface area contributed by atoms with Gasteiger partial charge < -0.3 is 9.73 Å². The second kappa shape index (κ2) is 6.75. The fourth-order valence-electron chi connectivity index (χ4n) is 2.52.